The number of hydrogen-bond donors (Lipinski definition) is 5. The zero-order valence-electron chi connectivity index (χ0n) is 40.5. The normalized spacial score (nSPS) is 14.9. The van der Waals surface area contributed by atoms with E-state index < -0.39 is 62.4 Å². The molecule has 0 amide bonds. The Labute approximate surface area is 400 Å². The van der Waals surface area contributed by atoms with Gasteiger partial charge in [-0.05, 0) is 76.3 Å². The summed E-state index contributed by atoms with van der Waals surface area (Å²) in [6, 6.07) is -1.20. The van der Waals surface area contributed by atoms with Crippen molar-refractivity contribution in [1.29, 1.82) is 0 Å². The van der Waals surface area contributed by atoms with Gasteiger partial charge >= 0.3 is 25.7 Å². The second-order valence-corrected chi connectivity index (χ2v) is 19.4. The molecular formula is C50H85N2O12PS. The molecule has 0 spiro atoms. The minimum absolute atomic E-state index is 0.00783. The number of aryl methyl sites for hydroxylation is 2. The molecule has 0 saturated heterocycles. The van der Waals surface area contributed by atoms with Gasteiger partial charge in [0.1, 0.15) is 24.2 Å². The number of allylic oxidation sites excluding steroid dienone is 7. The number of phosphoric ester groups is 1. The molecule has 0 fully saturated rings. The van der Waals surface area contributed by atoms with Crippen LogP contribution in [-0.4, -0.2) is 88.6 Å². The van der Waals surface area contributed by atoms with Gasteiger partial charge in [0, 0.05) is 43.2 Å². The summed E-state index contributed by atoms with van der Waals surface area (Å²) in [5.74, 6) is -0.0633. The predicted molar refractivity (Wildman–Crippen MR) is 265 cm³/mol. The highest BCUT2D eigenvalue weighted by Gasteiger charge is 2.28. The Bertz CT molecular complexity index is 1630. The molecule has 0 aliphatic heterocycles. The zero-order chi connectivity index (χ0) is 48.8. The van der Waals surface area contributed by atoms with Crippen molar-refractivity contribution in [2.45, 2.75) is 192 Å². The Hall–Kier alpha value is -3.01. The average molecular weight is 969 g/mol. The van der Waals surface area contributed by atoms with Crippen LogP contribution in [0.15, 0.2) is 53.0 Å². The lowest BCUT2D eigenvalue weighted by Gasteiger charge is -2.23. The largest absolute Gasteiger partial charge is 0.481 e. The second-order valence-electron chi connectivity index (χ2n) is 16.8. The van der Waals surface area contributed by atoms with E-state index in [-0.39, 0.29) is 44.6 Å². The van der Waals surface area contributed by atoms with Crippen molar-refractivity contribution in [1.82, 2.24) is 0 Å². The number of hydrogen-bond acceptors (Lipinski definition) is 13. The van der Waals surface area contributed by atoms with Crippen LogP contribution in [0, 0.1) is 13.8 Å². The number of aliphatic carboxylic acids is 1. The van der Waals surface area contributed by atoms with E-state index in [2.05, 4.69) is 39.8 Å². The van der Waals surface area contributed by atoms with E-state index in [1.54, 1.807) is 12.2 Å². The molecule has 0 saturated carbocycles. The summed E-state index contributed by atoms with van der Waals surface area (Å²) in [4.78, 5) is 47.0. The third-order valence-electron chi connectivity index (χ3n) is 10.9. The lowest BCUT2D eigenvalue weighted by atomic mass is 10.0. The van der Waals surface area contributed by atoms with E-state index in [0.29, 0.717) is 6.42 Å². The van der Waals surface area contributed by atoms with Crippen molar-refractivity contribution < 1.29 is 57.0 Å². The summed E-state index contributed by atoms with van der Waals surface area (Å²) in [7, 11) is -4.55. The van der Waals surface area contributed by atoms with Crippen LogP contribution in [0.25, 0.3) is 0 Å². The molecule has 0 aliphatic carbocycles. The Morgan fingerprint density at radius 3 is 2.05 bits per heavy atom. The van der Waals surface area contributed by atoms with Crippen molar-refractivity contribution in [3.63, 3.8) is 0 Å². The lowest BCUT2D eigenvalue weighted by Crippen LogP contribution is -2.40. The lowest BCUT2D eigenvalue weighted by molar-refractivity contribution is -0.161. The molecular weight excluding hydrogens is 884 g/mol. The first kappa shape index (κ1) is 61.0. The van der Waals surface area contributed by atoms with E-state index >= 15 is 0 Å². The fourth-order valence-electron chi connectivity index (χ4n) is 6.83. The number of furan rings is 1. The molecule has 66 heavy (non-hydrogen) atoms. The molecule has 16 heteroatoms. The Kier molecular flexibility index (Phi) is 36.0. The number of carbonyl (C=O) groups is 3. The fraction of sp³-hybridized carbons (Fsp3) is 0.700. The van der Waals surface area contributed by atoms with Crippen LogP contribution in [0.2, 0.25) is 0 Å². The Balaban J connectivity index is 2.64. The zero-order valence-corrected chi connectivity index (χ0v) is 42.3. The van der Waals surface area contributed by atoms with E-state index in [1.807, 2.05) is 24.3 Å². The first-order valence-electron chi connectivity index (χ1n) is 24.4. The van der Waals surface area contributed by atoms with E-state index in [1.165, 1.54) is 61.4 Å². The van der Waals surface area contributed by atoms with Crippen molar-refractivity contribution >= 4 is 37.5 Å². The molecule has 0 radical (unpaired) electrons. The van der Waals surface area contributed by atoms with Gasteiger partial charge in [-0.25, -0.2) is 4.57 Å². The van der Waals surface area contributed by atoms with Crippen molar-refractivity contribution in [3.8, 4) is 0 Å². The summed E-state index contributed by atoms with van der Waals surface area (Å²) < 4.78 is 39.3. The van der Waals surface area contributed by atoms with Crippen LogP contribution >= 0.6 is 19.6 Å². The number of thioether (sulfide) groups is 1. The maximum absolute atomic E-state index is 13.2. The topological polar surface area (TPSA) is 231 Å². The van der Waals surface area contributed by atoms with Gasteiger partial charge in [0.05, 0.1) is 19.3 Å². The summed E-state index contributed by atoms with van der Waals surface area (Å²) in [5, 5.41) is 19.5. The smallest absolute Gasteiger partial charge is 0.472 e. The number of phosphoric acid groups is 1. The number of unbranched alkanes of at least 4 members (excludes halogenated alkanes) is 12. The quantitative estimate of drug-likeness (QED) is 0.0135. The van der Waals surface area contributed by atoms with Gasteiger partial charge in [-0.1, -0.05) is 127 Å². The maximum atomic E-state index is 13.2. The van der Waals surface area contributed by atoms with Crippen LogP contribution in [-0.2, 0) is 50.3 Å². The third-order valence-corrected chi connectivity index (χ3v) is 13.3. The van der Waals surface area contributed by atoms with Crippen LogP contribution in [0.1, 0.15) is 165 Å². The highest BCUT2D eigenvalue weighted by atomic mass is 32.2. The number of esters is 2. The molecule has 1 aromatic rings. The number of ether oxygens (including phenoxy) is 2. The number of aliphatic hydroxyl groups is 1. The van der Waals surface area contributed by atoms with E-state index in [0.717, 1.165) is 82.1 Å². The summed E-state index contributed by atoms with van der Waals surface area (Å²) >= 11 is 1.19. The van der Waals surface area contributed by atoms with Gasteiger partial charge in [0.2, 0.25) is 0 Å². The molecule has 0 aromatic carbocycles. The van der Waals surface area contributed by atoms with E-state index in [4.69, 9.17) is 39.5 Å². The van der Waals surface area contributed by atoms with Gasteiger partial charge in [0.25, 0.3) is 0 Å². The Morgan fingerprint density at radius 1 is 0.773 bits per heavy atom. The van der Waals surface area contributed by atoms with Crippen LogP contribution in [0.3, 0.4) is 0 Å². The van der Waals surface area contributed by atoms with Crippen molar-refractivity contribution in [3.05, 3.63) is 71.3 Å². The van der Waals surface area contributed by atoms with Gasteiger partial charge < -0.3 is 40.5 Å². The van der Waals surface area contributed by atoms with Crippen molar-refractivity contribution in [2.24, 2.45) is 11.5 Å². The SMILES string of the molecule is CCCCC/C=C\C\C=C/C=C/C=C/[C@@H](SC[C@H](N)C(=O)O[C@H](COC(=O)CCCCCCCCCCc1oc(CCCCC)c(C)c1C)COP(=O)(O)OCCN)[C@@H](O)CCCC(=O)O. The molecule has 7 N–H and O–H groups in total. The summed E-state index contributed by atoms with van der Waals surface area (Å²) in [5.41, 5.74) is 14.2. The predicted octanol–water partition coefficient (Wildman–Crippen LogP) is 10.5. The van der Waals surface area contributed by atoms with Gasteiger partial charge in [-0.3, -0.25) is 23.4 Å². The fourth-order valence-corrected chi connectivity index (χ4v) is 8.72. The highest BCUT2D eigenvalue weighted by Crippen LogP contribution is 2.43. The molecule has 378 valence electrons. The number of aliphatic hydroxyl groups excluding tert-OH is 1. The number of carboxylic acids is 1. The minimum atomic E-state index is -4.55. The average Bonchev–Trinajstić information content (AvgIpc) is 3.55. The number of rotatable bonds is 42. The van der Waals surface area contributed by atoms with Gasteiger partial charge in [-0.15, -0.1) is 11.8 Å². The molecule has 14 nitrogen and oxygen atoms in total. The molecule has 5 atom stereocenters. The van der Waals surface area contributed by atoms with Crippen molar-refractivity contribution in [2.75, 3.05) is 32.1 Å². The van der Waals surface area contributed by atoms with Crippen LogP contribution < -0.4 is 11.5 Å². The third kappa shape index (κ3) is 31.1. The maximum Gasteiger partial charge on any atom is 0.472 e. The molecule has 0 aliphatic rings. The molecule has 1 unspecified atom stereocenters. The number of carbonyl (C=O) groups excluding carboxylic acids is 2. The van der Waals surface area contributed by atoms with Crippen LogP contribution in [0.5, 0.6) is 0 Å². The van der Waals surface area contributed by atoms with Gasteiger partial charge in [-0.2, -0.15) is 0 Å². The second kappa shape index (κ2) is 38.9. The first-order chi connectivity index (χ1) is 31.7. The minimum Gasteiger partial charge on any atom is -0.481 e. The Morgan fingerprint density at radius 2 is 1.39 bits per heavy atom. The first-order valence-corrected chi connectivity index (χ1v) is 27.0. The molecule has 1 rings (SSSR count). The standard InChI is InChI=1S/C50H85N2O12PS/c1-5-7-9-10-11-12-13-14-15-19-22-26-32-47(44(53)29-28-33-48(54)55)66-39-43(52)50(57)63-42(38-62-65(58,59)61-36-35-51)37-60-49(56)34-27-23-20-17-16-18-21-25-31-46-41(4)40(3)45(64-46)30-24-8-6-2/h11-12,14-15,19,22,26,32,42-44,47,53H,5-10,13,16-18,20-21,23-25,27-31,33-39,51-52H2,1-4H3,(H,54,55)(H,58,59)/b12-11-,15-14-,22-19+,32-26+/t42-,43+,44+,47-/m1/s1. The van der Waals surface area contributed by atoms with Crippen LogP contribution in [0.4, 0.5) is 0 Å². The molecule has 0 bridgehead atoms. The monoisotopic (exact) mass is 969 g/mol. The summed E-state index contributed by atoms with van der Waals surface area (Å²) in [6.07, 6.45) is 33.0. The number of nitrogens with two attached hydrogens (primary N) is 2. The number of carboxylic acid groups (broad SMARTS) is 1. The molecule has 1 heterocycles. The highest BCUT2D eigenvalue weighted by molar-refractivity contribution is 8.00. The molecule has 1 aromatic heterocycles. The van der Waals surface area contributed by atoms with Gasteiger partial charge in [0.15, 0.2) is 6.10 Å². The summed E-state index contributed by atoms with van der Waals surface area (Å²) in [6.45, 7) is 7.38. The van der Waals surface area contributed by atoms with E-state index in [9.17, 15) is 28.9 Å².